The SMILES string of the molecule is COc1ccc(-c2cn3cccc(C)c3n2)cc1NC(=O)C1CC(=O)N(c2ccc(Cl)cc2)C1. The van der Waals surface area contributed by atoms with Crippen molar-refractivity contribution in [1.82, 2.24) is 9.38 Å². The van der Waals surface area contributed by atoms with E-state index in [1.54, 1.807) is 36.3 Å². The summed E-state index contributed by atoms with van der Waals surface area (Å²) in [7, 11) is 1.56. The predicted octanol–water partition coefficient (Wildman–Crippen LogP) is 4.96. The summed E-state index contributed by atoms with van der Waals surface area (Å²) in [6.07, 6.45) is 4.05. The van der Waals surface area contributed by atoms with Gasteiger partial charge in [0.05, 0.1) is 24.4 Å². The third-order valence-electron chi connectivity index (χ3n) is 6.07. The number of amides is 2. The monoisotopic (exact) mass is 474 g/mol. The van der Waals surface area contributed by atoms with Crippen molar-refractivity contribution < 1.29 is 14.3 Å². The van der Waals surface area contributed by atoms with Crippen LogP contribution in [0.1, 0.15) is 12.0 Å². The summed E-state index contributed by atoms with van der Waals surface area (Å²) in [5.41, 5.74) is 4.86. The minimum Gasteiger partial charge on any atom is -0.495 e. The molecule has 4 aromatic rings. The highest BCUT2D eigenvalue weighted by atomic mass is 35.5. The van der Waals surface area contributed by atoms with Crippen molar-refractivity contribution in [2.45, 2.75) is 13.3 Å². The fourth-order valence-corrected chi connectivity index (χ4v) is 4.37. The molecular formula is C26H23ClN4O3. The molecule has 1 unspecified atom stereocenters. The van der Waals surface area contributed by atoms with Crippen LogP contribution in [0.25, 0.3) is 16.9 Å². The van der Waals surface area contributed by atoms with Crippen molar-refractivity contribution in [3.8, 4) is 17.0 Å². The van der Waals surface area contributed by atoms with Crippen molar-refractivity contribution in [3.63, 3.8) is 0 Å². The van der Waals surface area contributed by atoms with E-state index >= 15 is 0 Å². The molecule has 172 valence electrons. The molecule has 2 aromatic heterocycles. The highest BCUT2D eigenvalue weighted by Gasteiger charge is 2.35. The van der Waals surface area contributed by atoms with E-state index in [-0.39, 0.29) is 18.2 Å². The summed E-state index contributed by atoms with van der Waals surface area (Å²) in [6.45, 7) is 2.32. The van der Waals surface area contributed by atoms with Crippen molar-refractivity contribution in [3.05, 3.63) is 77.6 Å². The minimum absolute atomic E-state index is 0.0942. The number of pyridine rings is 1. The molecular weight excluding hydrogens is 452 g/mol. The molecule has 1 fully saturated rings. The molecule has 8 heteroatoms. The normalized spacial score (nSPS) is 15.7. The number of ether oxygens (including phenoxy) is 1. The average Bonchev–Trinajstić information content (AvgIpc) is 3.44. The van der Waals surface area contributed by atoms with Gasteiger partial charge in [-0.1, -0.05) is 17.7 Å². The predicted molar refractivity (Wildman–Crippen MR) is 132 cm³/mol. The van der Waals surface area contributed by atoms with Gasteiger partial charge in [0.1, 0.15) is 11.4 Å². The molecule has 0 bridgehead atoms. The van der Waals surface area contributed by atoms with Gasteiger partial charge in [-0.15, -0.1) is 0 Å². The Bertz CT molecular complexity index is 1400. The Hall–Kier alpha value is -3.84. The first-order valence-electron chi connectivity index (χ1n) is 10.9. The number of carbonyl (C=O) groups excluding carboxylic acids is 2. The second kappa shape index (κ2) is 8.83. The zero-order valence-electron chi connectivity index (χ0n) is 18.8. The minimum atomic E-state index is -0.477. The van der Waals surface area contributed by atoms with Crippen LogP contribution in [0.2, 0.25) is 5.02 Å². The van der Waals surface area contributed by atoms with Gasteiger partial charge in [-0.25, -0.2) is 4.98 Å². The Kier molecular flexibility index (Phi) is 5.71. The molecule has 0 radical (unpaired) electrons. The maximum absolute atomic E-state index is 13.1. The molecule has 1 aliphatic heterocycles. The first kappa shape index (κ1) is 22.0. The van der Waals surface area contributed by atoms with E-state index in [1.165, 1.54) is 0 Å². The number of imidazole rings is 1. The molecule has 0 aliphatic carbocycles. The highest BCUT2D eigenvalue weighted by molar-refractivity contribution is 6.30. The number of carbonyl (C=O) groups is 2. The third kappa shape index (κ3) is 4.10. The second-order valence-corrected chi connectivity index (χ2v) is 8.77. The van der Waals surface area contributed by atoms with Crippen LogP contribution in [0.5, 0.6) is 5.75 Å². The van der Waals surface area contributed by atoms with E-state index in [4.69, 9.17) is 21.3 Å². The van der Waals surface area contributed by atoms with Gasteiger partial charge in [0, 0.05) is 41.6 Å². The van der Waals surface area contributed by atoms with E-state index < -0.39 is 5.92 Å². The Balaban J connectivity index is 1.38. The Morgan fingerprint density at radius 2 is 1.97 bits per heavy atom. The molecule has 1 N–H and O–H groups in total. The number of rotatable bonds is 5. The van der Waals surface area contributed by atoms with Crippen molar-refractivity contribution in [2.24, 2.45) is 5.92 Å². The summed E-state index contributed by atoms with van der Waals surface area (Å²) >= 11 is 5.96. The number of aryl methyl sites for hydroxylation is 1. The molecule has 1 aliphatic rings. The zero-order valence-corrected chi connectivity index (χ0v) is 19.5. The third-order valence-corrected chi connectivity index (χ3v) is 6.32. The van der Waals surface area contributed by atoms with Gasteiger partial charge in [0.25, 0.3) is 0 Å². The smallest absolute Gasteiger partial charge is 0.229 e. The van der Waals surface area contributed by atoms with Gasteiger partial charge in [-0.05, 0) is 61.0 Å². The van der Waals surface area contributed by atoms with Crippen molar-refractivity contribution in [2.75, 3.05) is 23.9 Å². The number of halogens is 1. The van der Waals surface area contributed by atoms with E-state index in [1.807, 2.05) is 54.0 Å². The van der Waals surface area contributed by atoms with E-state index in [2.05, 4.69) is 5.32 Å². The number of aromatic nitrogens is 2. The lowest BCUT2D eigenvalue weighted by Gasteiger charge is -2.17. The van der Waals surface area contributed by atoms with Gasteiger partial charge in [-0.3, -0.25) is 9.59 Å². The summed E-state index contributed by atoms with van der Waals surface area (Å²) in [5, 5.41) is 3.56. The lowest BCUT2D eigenvalue weighted by atomic mass is 10.1. The fraction of sp³-hybridized carbons (Fsp3) is 0.192. The Morgan fingerprint density at radius 1 is 1.18 bits per heavy atom. The molecule has 2 amide bonds. The summed E-state index contributed by atoms with van der Waals surface area (Å²) in [4.78, 5) is 32.0. The number of hydrogen-bond acceptors (Lipinski definition) is 4. The standard InChI is InChI=1S/C26H23ClN4O3/c1-16-4-3-11-30-15-22(28-25(16)30)17-5-10-23(34-2)21(12-17)29-26(33)18-13-24(32)31(14-18)20-8-6-19(27)7-9-20/h3-12,15,18H,13-14H2,1-2H3,(H,29,33). The largest absolute Gasteiger partial charge is 0.495 e. The number of fused-ring (bicyclic) bond motifs is 1. The number of hydrogen-bond donors (Lipinski definition) is 1. The summed E-state index contributed by atoms with van der Waals surface area (Å²) < 4.78 is 7.45. The zero-order chi connectivity index (χ0) is 23.8. The molecule has 2 aromatic carbocycles. The van der Waals surface area contributed by atoms with Crippen LogP contribution in [-0.4, -0.2) is 34.9 Å². The average molecular weight is 475 g/mol. The summed E-state index contributed by atoms with van der Waals surface area (Å²) in [5.74, 6) is -0.264. The molecule has 34 heavy (non-hydrogen) atoms. The number of nitrogens with zero attached hydrogens (tertiary/aromatic N) is 3. The Morgan fingerprint density at radius 3 is 2.71 bits per heavy atom. The molecule has 0 spiro atoms. The lowest BCUT2D eigenvalue weighted by Crippen LogP contribution is -2.28. The molecule has 5 rings (SSSR count). The highest BCUT2D eigenvalue weighted by Crippen LogP contribution is 2.32. The summed E-state index contributed by atoms with van der Waals surface area (Å²) in [6, 6.07) is 16.6. The van der Waals surface area contributed by atoms with Gasteiger partial charge in [-0.2, -0.15) is 0 Å². The number of benzene rings is 2. The molecule has 1 saturated heterocycles. The lowest BCUT2D eigenvalue weighted by molar-refractivity contribution is -0.122. The topological polar surface area (TPSA) is 75.9 Å². The van der Waals surface area contributed by atoms with Crippen LogP contribution in [0.15, 0.2) is 67.0 Å². The van der Waals surface area contributed by atoms with Crippen LogP contribution in [0.4, 0.5) is 11.4 Å². The van der Waals surface area contributed by atoms with E-state index in [0.717, 1.165) is 28.2 Å². The molecule has 3 heterocycles. The molecule has 1 atom stereocenters. The first-order chi connectivity index (χ1) is 16.4. The van der Waals surface area contributed by atoms with Gasteiger partial charge in [0.2, 0.25) is 11.8 Å². The second-order valence-electron chi connectivity index (χ2n) is 8.33. The van der Waals surface area contributed by atoms with E-state index in [0.29, 0.717) is 23.0 Å². The number of methoxy groups -OCH3 is 1. The van der Waals surface area contributed by atoms with Crippen molar-refractivity contribution in [1.29, 1.82) is 0 Å². The van der Waals surface area contributed by atoms with Crippen LogP contribution >= 0.6 is 11.6 Å². The first-order valence-corrected chi connectivity index (χ1v) is 11.3. The van der Waals surface area contributed by atoms with Crippen LogP contribution < -0.4 is 15.0 Å². The van der Waals surface area contributed by atoms with Gasteiger partial charge in [0.15, 0.2) is 0 Å². The van der Waals surface area contributed by atoms with Crippen LogP contribution in [0.3, 0.4) is 0 Å². The fourth-order valence-electron chi connectivity index (χ4n) is 4.25. The number of nitrogens with one attached hydrogen (secondary N) is 1. The maximum atomic E-state index is 13.1. The van der Waals surface area contributed by atoms with Gasteiger partial charge < -0.3 is 19.4 Å². The van der Waals surface area contributed by atoms with Gasteiger partial charge >= 0.3 is 0 Å². The maximum Gasteiger partial charge on any atom is 0.229 e. The van der Waals surface area contributed by atoms with Crippen LogP contribution in [0, 0.1) is 12.8 Å². The quantitative estimate of drug-likeness (QED) is 0.443. The van der Waals surface area contributed by atoms with E-state index in [9.17, 15) is 9.59 Å². The molecule has 7 nitrogen and oxygen atoms in total. The Labute approximate surface area is 201 Å². The van der Waals surface area contributed by atoms with Crippen molar-refractivity contribution >= 4 is 40.4 Å². The molecule has 0 saturated carbocycles. The van der Waals surface area contributed by atoms with Crippen LogP contribution in [-0.2, 0) is 9.59 Å². The number of anilines is 2.